The van der Waals surface area contributed by atoms with E-state index < -0.39 is 24.5 Å². The van der Waals surface area contributed by atoms with Crippen molar-refractivity contribution in [3.63, 3.8) is 0 Å². The van der Waals surface area contributed by atoms with Gasteiger partial charge in [0.15, 0.2) is 23.8 Å². The summed E-state index contributed by atoms with van der Waals surface area (Å²) in [6, 6.07) is 7.81. The van der Waals surface area contributed by atoms with Crippen LogP contribution in [0.5, 0.6) is 11.5 Å². The first kappa shape index (κ1) is 20.3. The van der Waals surface area contributed by atoms with Crippen LogP contribution in [0.2, 0.25) is 0 Å². The fraction of sp³-hybridized carbons (Fsp3) is 0.333. The number of hydrogen-bond donors (Lipinski definition) is 1. The molecule has 2 aliphatic heterocycles. The summed E-state index contributed by atoms with van der Waals surface area (Å²) in [5, 5.41) is 3.86. The van der Waals surface area contributed by atoms with E-state index in [2.05, 4.69) is 31.2 Å². The monoisotopic (exact) mass is 493 g/mol. The number of rotatable bonds is 5. The van der Waals surface area contributed by atoms with E-state index in [9.17, 15) is 8.78 Å². The highest BCUT2D eigenvalue weighted by molar-refractivity contribution is 9.10. The summed E-state index contributed by atoms with van der Waals surface area (Å²) in [7, 11) is 1.53. The summed E-state index contributed by atoms with van der Waals surface area (Å²) < 4.78 is 50.4. The number of methoxy groups -OCH3 is 1. The van der Waals surface area contributed by atoms with Gasteiger partial charge in [-0.3, -0.25) is 0 Å². The number of nitrogens with zero attached hydrogens (tertiary/aromatic N) is 2. The summed E-state index contributed by atoms with van der Waals surface area (Å²) in [4.78, 5) is 8.64. The molecule has 7 nitrogen and oxygen atoms in total. The Morgan fingerprint density at radius 2 is 1.94 bits per heavy atom. The second-order valence-corrected chi connectivity index (χ2v) is 8.11. The Bertz CT molecular complexity index is 1140. The third-order valence-corrected chi connectivity index (χ3v) is 5.99. The first-order valence-electron chi connectivity index (χ1n) is 9.62. The van der Waals surface area contributed by atoms with Gasteiger partial charge >= 0.3 is 0 Å². The number of alkyl halides is 1. The van der Waals surface area contributed by atoms with Crippen LogP contribution in [0.1, 0.15) is 0 Å². The minimum Gasteiger partial charge on any atom is -0.493 e. The molecule has 3 aromatic rings. The van der Waals surface area contributed by atoms with Gasteiger partial charge < -0.3 is 24.3 Å². The molecule has 2 fully saturated rings. The molecule has 0 radical (unpaired) electrons. The molecule has 0 spiro atoms. The first-order chi connectivity index (χ1) is 15.0. The average Bonchev–Trinajstić information content (AvgIpc) is 3.33. The van der Waals surface area contributed by atoms with Crippen LogP contribution in [-0.2, 0) is 9.47 Å². The molecule has 1 N–H and O–H groups in total. The summed E-state index contributed by atoms with van der Waals surface area (Å²) >= 11 is 3.34. The number of nitrogens with one attached hydrogen (secondary N) is 1. The van der Waals surface area contributed by atoms with Crippen molar-refractivity contribution in [3.8, 4) is 11.5 Å². The van der Waals surface area contributed by atoms with Crippen LogP contribution in [0.3, 0.4) is 0 Å². The summed E-state index contributed by atoms with van der Waals surface area (Å²) in [5.41, 5.74) is 1.26. The van der Waals surface area contributed by atoms with Crippen LogP contribution in [0.4, 0.5) is 20.3 Å². The Morgan fingerprint density at radius 1 is 1.10 bits per heavy atom. The van der Waals surface area contributed by atoms with Gasteiger partial charge in [0.05, 0.1) is 31.5 Å². The summed E-state index contributed by atoms with van der Waals surface area (Å²) in [6.07, 6.45) is -1.26. The van der Waals surface area contributed by atoms with Gasteiger partial charge in [-0.05, 0) is 40.2 Å². The number of ether oxygens (including phenoxy) is 4. The molecule has 0 amide bonds. The summed E-state index contributed by atoms with van der Waals surface area (Å²) in [5.74, 6) is 1.08. The lowest BCUT2D eigenvalue weighted by molar-refractivity contribution is 0.0271. The fourth-order valence-corrected chi connectivity index (χ4v) is 4.27. The Hall–Kier alpha value is -2.56. The van der Waals surface area contributed by atoms with Crippen molar-refractivity contribution in [1.82, 2.24) is 9.97 Å². The predicted octanol–water partition coefficient (Wildman–Crippen LogP) is 4.17. The number of benzene rings is 2. The Labute approximate surface area is 184 Å². The molecule has 5 rings (SSSR count). The number of anilines is 2. The number of halogens is 3. The number of fused-ring (bicyclic) bond motifs is 2. The molecule has 0 aliphatic carbocycles. The van der Waals surface area contributed by atoms with Crippen molar-refractivity contribution in [3.05, 3.63) is 46.9 Å². The molecule has 0 saturated carbocycles. The molecule has 2 aromatic carbocycles. The van der Waals surface area contributed by atoms with Gasteiger partial charge in [0, 0.05) is 15.9 Å². The van der Waals surface area contributed by atoms with E-state index in [1.54, 1.807) is 18.2 Å². The Kier molecular flexibility index (Phi) is 5.37. The molecule has 2 unspecified atom stereocenters. The number of aromatic nitrogens is 2. The number of hydrogen-bond acceptors (Lipinski definition) is 7. The fourth-order valence-electron chi connectivity index (χ4n) is 3.82. The third kappa shape index (κ3) is 3.79. The van der Waals surface area contributed by atoms with Crippen LogP contribution in [0, 0.1) is 5.82 Å². The maximum atomic E-state index is 13.8. The average molecular weight is 494 g/mol. The second-order valence-electron chi connectivity index (χ2n) is 7.26. The van der Waals surface area contributed by atoms with Gasteiger partial charge in [0.1, 0.15) is 30.2 Å². The molecule has 3 heterocycles. The van der Waals surface area contributed by atoms with Crippen molar-refractivity contribution in [2.75, 3.05) is 25.6 Å². The lowest BCUT2D eigenvalue weighted by Gasteiger charge is -2.20. The standard InChI is InChI=1S/C21H18BrF2N3O4/c1-28-16-5-11-15(6-17(16)31-18-8-30-19-13(24)7-29-20(18)19)25-9-26-21(11)27-14-3-2-10(23)4-12(14)22/h2-6,9,13,18-20H,7-8H2,1H3,(H,25,26,27)/t13?,18?,19-,20-/m0/s1. The molecule has 10 heteroatoms. The second kappa shape index (κ2) is 8.18. The van der Waals surface area contributed by atoms with E-state index in [0.29, 0.717) is 38.4 Å². The maximum Gasteiger partial charge on any atom is 0.164 e. The lowest BCUT2D eigenvalue weighted by Crippen LogP contribution is -2.33. The third-order valence-electron chi connectivity index (χ3n) is 5.33. The van der Waals surface area contributed by atoms with Crippen molar-refractivity contribution >= 4 is 38.3 Å². The topological polar surface area (TPSA) is 74.7 Å². The lowest BCUT2D eigenvalue weighted by atomic mass is 10.1. The van der Waals surface area contributed by atoms with Crippen LogP contribution < -0.4 is 14.8 Å². The largest absolute Gasteiger partial charge is 0.493 e. The highest BCUT2D eigenvalue weighted by atomic mass is 79.9. The smallest absolute Gasteiger partial charge is 0.164 e. The molecular weight excluding hydrogens is 476 g/mol. The van der Waals surface area contributed by atoms with Crippen molar-refractivity contribution in [2.24, 2.45) is 0 Å². The highest BCUT2D eigenvalue weighted by Crippen LogP contribution is 2.38. The van der Waals surface area contributed by atoms with Gasteiger partial charge in [0.2, 0.25) is 0 Å². The van der Waals surface area contributed by atoms with Crippen molar-refractivity contribution in [1.29, 1.82) is 0 Å². The van der Waals surface area contributed by atoms with E-state index in [4.69, 9.17) is 18.9 Å². The maximum absolute atomic E-state index is 13.8. The van der Waals surface area contributed by atoms with Gasteiger partial charge in [-0.25, -0.2) is 18.7 Å². The zero-order valence-corrected chi connectivity index (χ0v) is 17.9. The van der Waals surface area contributed by atoms with E-state index in [0.717, 1.165) is 0 Å². The first-order valence-corrected chi connectivity index (χ1v) is 10.4. The van der Waals surface area contributed by atoms with Gasteiger partial charge in [0.25, 0.3) is 0 Å². The van der Waals surface area contributed by atoms with Crippen molar-refractivity contribution < 1.29 is 27.7 Å². The zero-order chi connectivity index (χ0) is 21.5. The zero-order valence-electron chi connectivity index (χ0n) is 16.3. The highest BCUT2D eigenvalue weighted by Gasteiger charge is 2.49. The van der Waals surface area contributed by atoms with Crippen LogP contribution >= 0.6 is 15.9 Å². The quantitative estimate of drug-likeness (QED) is 0.571. The Balaban J connectivity index is 1.46. The Morgan fingerprint density at radius 3 is 2.74 bits per heavy atom. The minimum absolute atomic E-state index is 0.00521. The summed E-state index contributed by atoms with van der Waals surface area (Å²) in [6.45, 7) is 0.233. The van der Waals surface area contributed by atoms with Crippen LogP contribution in [-0.4, -0.2) is 54.8 Å². The van der Waals surface area contributed by atoms with Gasteiger partial charge in [-0.2, -0.15) is 0 Å². The van der Waals surface area contributed by atoms with Crippen molar-refractivity contribution in [2.45, 2.75) is 24.5 Å². The predicted molar refractivity (Wildman–Crippen MR) is 112 cm³/mol. The molecule has 4 atom stereocenters. The molecule has 162 valence electrons. The molecule has 2 saturated heterocycles. The molecule has 0 bridgehead atoms. The van der Waals surface area contributed by atoms with E-state index in [1.165, 1.54) is 25.6 Å². The normalized spacial score (nSPS) is 24.9. The molecule has 31 heavy (non-hydrogen) atoms. The van der Waals surface area contributed by atoms with Gasteiger partial charge in [-0.15, -0.1) is 0 Å². The molecule has 1 aromatic heterocycles. The molecule has 2 aliphatic rings. The molecular formula is C21H18BrF2N3O4. The van der Waals surface area contributed by atoms with Crippen LogP contribution in [0.25, 0.3) is 10.9 Å². The van der Waals surface area contributed by atoms with E-state index in [1.807, 2.05) is 0 Å². The van der Waals surface area contributed by atoms with Crippen LogP contribution in [0.15, 0.2) is 41.1 Å². The van der Waals surface area contributed by atoms with Gasteiger partial charge in [-0.1, -0.05) is 0 Å². The van der Waals surface area contributed by atoms with E-state index in [-0.39, 0.29) is 19.0 Å². The SMILES string of the molecule is COc1cc2c(Nc3ccc(F)cc3Br)ncnc2cc1OC1CO[C@H]2C(F)CO[C@@H]12. The minimum atomic E-state index is -1.15. The van der Waals surface area contributed by atoms with E-state index >= 15 is 0 Å².